The highest BCUT2D eigenvalue weighted by atomic mass is 16.4. The Hall–Kier alpha value is -1.84. The molecule has 4 heteroatoms. The Bertz CT molecular complexity index is 510. The average Bonchev–Trinajstić information content (AvgIpc) is 2.44. The van der Waals surface area contributed by atoms with Crippen molar-refractivity contribution in [2.24, 2.45) is 5.92 Å². The third kappa shape index (κ3) is 3.83. The second-order valence-electron chi connectivity index (χ2n) is 5.53. The number of carbonyl (C=O) groups is 2. The zero-order valence-electron chi connectivity index (χ0n) is 11.8. The van der Waals surface area contributed by atoms with Crippen LogP contribution in [0.2, 0.25) is 0 Å². The van der Waals surface area contributed by atoms with Gasteiger partial charge in [-0.25, -0.2) is 0 Å². The van der Waals surface area contributed by atoms with Crippen molar-refractivity contribution in [3.05, 3.63) is 34.9 Å². The summed E-state index contributed by atoms with van der Waals surface area (Å²) in [6, 6.07) is 6.25. The highest BCUT2D eigenvalue weighted by Crippen LogP contribution is 2.22. The number of hydrogen-bond donors (Lipinski definition) is 2. The average molecular weight is 275 g/mol. The third-order valence-corrected chi connectivity index (χ3v) is 3.80. The van der Waals surface area contributed by atoms with Crippen LogP contribution >= 0.6 is 0 Å². The van der Waals surface area contributed by atoms with Crippen molar-refractivity contribution in [1.29, 1.82) is 0 Å². The third-order valence-electron chi connectivity index (χ3n) is 3.80. The van der Waals surface area contributed by atoms with E-state index in [1.54, 1.807) is 6.92 Å². The summed E-state index contributed by atoms with van der Waals surface area (Å²) >= 11 is 0. The molecule has 0 radical (unpaired) electrons. The number of amides is 1. The van der Waals surface area contributed by atoms with Crippen LogP contribution in [0.25, 0.3) is 0 Å². The number of benzene rings is 1. The lowest BCUT2D eigenvalue weighted by molar-refractivity contribution is -0.141. The Balaban J connectivity index is 1.89. The number of carbonyl (C=O) groups excluding carboxylic acids is 1. The van der Waals surface area contributed by atoms with Crippen LogP contribution < -0.4 is 5.32 Å². The monoisotopic (exact) mass is 275 g/mol. The summed E-state index contributed by atoms with van der Waals surface area (Å²) < 4.78 is 0. The number of aliphatic carboxylic acids is 1. The van der Waals surface area contributed by atoms with E-state index in [4.69, 9.17) is 5.11 Å². The summed E-state index contributed by atoms with van der Waals surface area (Å²) in [6.45, 7) is 1.76. The molecule has 4 nitrogen and oxygen atoms in total. The van der Waals surface area contributed by atoms with Crippen LogP contribution in [0.15, 0.2) is 18.2 Å². The van der Waals surface area contributed by atoms with Gasteiger partial charge in [-0.05, 0) is 42.4 Å². The van der Waals surface area contributed by atoms with E-state index < -0.39 is 11.9 Å². The molecule has 2 rings (SSSR count). The number of nitrogens with one attached hydrogen (secondary N) is 1. The fourth-order valence-electron chi connectivity index (χ4n) is 2.50. The van der Waals surface area contributed by atoms with Gasteiger partial charge in [0.25, 0.3) is 0 Å². The van der Waals surface area contributed by atoms with Crippen molar-refractivity contribution < 1.29 is 14.7 Å². The molecule has 0 spiro atoms. The summed E-state index contributed by atoms with van der Waals surface area (Å²) in [4.78, 5) is 22.5. The molecule has 1 amide bonds. The molecule has 2 N–H and O–H groups in total. The molecule has 0 heterocycles. The maximum absolute atomic E-state index is 11.8. The lowest BCUT2D eigenvalue weighted by Gasteiger charge is -2.16. The van der Waals surface area contributed by atoms with Gasteiger partial charge in [0.05, 0.1) is 12.3 Å². The maximum Gasteiger partial charge on any atom is 0.308 e. The summed E-state index contributed by atoms with van der Waals surface area (Å²) in [5.41, 5.74) is 3.77. The van der Waals surface area contributed by atoms with Crippen LogP contribution in [-0.2, 0) is 28.9 Å². The Morgan fingerprint density at radius 1 is 1.25 bits per heavy atom. The number of aryl methyl sites for hydroxylation is 2. The van der Waals surface area contributed by atoms with Gasteiger partial charge in [-0.15, -0.1) is 0 Å². The number of carboxylic acid groups (broad SMARTS) is 1. The van der Waals surface area contributed by atoms with E-state index >= 15 is 0 Å². The minimum atomic E-state index is -0.890. The quantitative estimate of drug-likeness (QED) is 0.863. The molecule has 0 aliphatic heterocycles. The predicted molar refractivity (Wildman–Crippen MR) is 76.6 cm³/mol. The molecular weight excluding hydrogens is 254 g/mol. The van der Waals surface area contributed by atoms with Crippen molar-refractivity contribution in [1.82, 2.24) is 5.32 Å². The first kappa shape index (κ1) is 14.6. The first-order valence-corrected chi connectivity index (χ1v) is 7.16. The van der Waals surface area contributed by atoms with Gasteiger partial charge in [0.2, 0.25) is 5.91 Å². The summed E-state index contributed by atoms with van der Waals surface area (Å²) in [5, 5.41) is 11.4. The fourth-order valence-corrected chi connectivity index (χ4v) is 2.50. The predicted octanol–water partition coefficient (Wildman–Crippen LogP) is 1.94. The van der Waals surface area contributed by atoms with Gasteiger partial charge in [0, 0.05) is 6.54 Å². The molecular formula is C16H21NO3. The van der Waals surface area contributed by atoms with Crippen molar-refractivity contribution in [3.8, 4) is 0 Å². The van der Waals surface area contributed by atoms with E-state index in [9.17, 15) is 9.59 Å². The minimum absolute atomic E-state index is 0.117. The smallest absolute Gasteiger partial charge is 0.308 e. The highest BCUT2D eigenvalue weighted by Gasteiger charge is 2.14. The molecule has 0 aromatic heterocycles. The molecule has 1 aliphatic carbocycles. The number of carboxylic acids is 1. The molecule has 1 atom stereocenters. The zero-order valence-corrected chi connectivity index (χ0v) is 11.8. The summed E-state index contributed by atoms with van der Waals surface area (Å²) in [5.74, 6) is -1.56. The van der Waals surface area contributed by atoms with Crippen molar-refractivity contribution in [2.45, 2.75) is 39.0 Å². The topological polar surface area (TPSA) is 66.4 Å². The first-order valence-electron chi connectivity index (χ1n) is 7.16. The van der Waals surface area contributed by atoms with Crippen LogP contribution in [0.3, 0.4) is 0 Å². The van der Waals surface area contributed by atoms with E-state index in [1.165, 1.54) is 24.0 Å². The minimum Gasteiger partial charge on any atom is -0.481 e. The molecule has 1 unspecified atom stereocenters. The lowest BCUT2D eigenvalue weighted by atomic mass is 9.90. The van der Waals surface area contributed by atoms with Crippen LogP contribution in [0.4, 0.5) is 0 Å². The summed E-state index contributed by atoms with van der Waals surface area (Å²) in [7, 11) is 0. The molecule has 0 saturated carbocycles. The summed E-state index contributed by atoms with van der Waals surface area (Å²) in [6.07, 6.45) is 5.02. The zero-order chi connectivity index (χ0) is 14.5. The molecule has 0 saturated heterocycles. The van der Waals surface area contributed by atoms with E-state index in [0.717, 1.165) is 18.4 Å². The van der Waals surface area contributed by atoms with Gasteiger partial charge < -0.3 is 10.4 Å². The second-order valence-corrected chi connectivity index (χ2v) is 5.53. The van der Waals surface area contributed by atoms with Gasteiger partial charge in [-0.2, -0.15) is 0 Å². The van der Waals surface area contributed by atoms with Gasteiger partial charge in [-0.1, -0.05) is 25.1 Å². The van der Waals surface area contributed by atoms with E-state index in [-0.39, 0.29) is 12.5 Å². The molecule has 0 bridgehead atoms. The van der Waals surface area contributed by atoms with Gasteiger partial charge in [-0.3, -0.25) is 9.59 Å². The van der Waals surface area contributed by atoms with Crippen molar-refractivity contribution in [3.63, 3.8) is 0 Å². The molecule has 20 heavy (non-hydrogen) atoms. The Morgan fingerprint density at radius 3 is 2.65 bits per heavy atom. The van der Waals surface area contributed by atoms with Crippen molar-refractivity contribution >= 4 is 11.9 Å². The van der Waals surface area contributed by atoms with Crippen LogP contribution in [-0.4, -0.2) is 23.5 Å². The first-order chi connectivity index (χ1) is 9.56. The lowest BCUT2D eigenvalue weighted by Crippen LogP contribution is -2.32. The fraction of sp³-hybridized carbons (Fsp3) is 0.500. The standard InChI is InChI=1S/C16H21NO3/c1-11(16(19)20)10-17-15(18)9-12-6-7-13-4-2-3-5-14(13)8-12/h6-8,11H,2-5,9-10H2,1H3,(H,17,18)(H,19,20). The number of hydrogen-bond acceptors (Lipinski definition) is 2. The Morgan fingerprint density at radius 2 is 1.95 bits per heavy atom. The number of fused-ring (bicyclic) bond motifs is 1. The van der Waals surface area contributed by atoms with E-state index in [1.807, 2.05) is 6.07 Å². The largest absolute Gasteiger partial charge is 0.481 e. The molecule has 0 fully saturated rings. The normalized spacial score (nSPS) is 15.2. The SMILES string of the molecule is CC(CNC(=O)Cc1ccc2c(c1)CCCC2)C(=O)O. The van der Waals surface area contributed by atoms with Crippen LogP contribution in [0.1, 0.15) is 36.5 Å². The number of rotatable bonds is 5. The van der Waals surface area contributed by atoms with Gasteiger partial charge in [0.1, 0.15) is 0 Å². The molecule has 1 aliphatic rings. The Kier molecular flexibility index (Phi) is 4.77. The molecule has 1 aromatic rings. The van der Waals surface area contributed by atoms with E-state index in [0.29, 0.717) is 6.42 Å². The van der Waals surface area contributed by atoms with Crippen LogP contribution in [0, 0.1) is 5.92 Å². The van der Waals surface area contributed by atoms with Gasteiger partial charge >= 0.3 is 5.97 Å². The van der Waals surface area contributed by atoms with E-state index in [2.05, 4.69) is 17.4 Å². The highest BCUT2D eigenvalue weighted by molar-refractivity contribution is 5.79. The molecule has 108 valence electrons. The Labute approximate surface area is 119 Å². The molecule has 1 aromatic carbocycles. The van der Waals surface area contributed by atoms with Crippen molar-refractivity contribution in [2.75, 3.05) is 6.54 Å². The second kappa shape index (κ2) is 6.55. The maximum atomic E-state index is 11.8. The van der Waals surface area contributed by atoms with Gasteiger partial charge in [0.15, 0.2) is 0 Å². The van der Waals surface area contributed by atoms with Crippen LogP contribution in [0.5, 0.6) is 0 Å².